The lowest BCUT2D eigenvalue weighted by atomic mass is 9.84. The number of rotatable bonds is 2. The molecule has 0 radical (unpaired) electrons. The van der Waals surface area contributed by atoms with E-state index in [2.05, 4.69) is 20.8 Å². The minimum atomic E-state index is -0.616. The smallest absolute Gasteiger partial charge is 0.0921 e. The first-order valence-corrected chi connectivity index (χ1v) is 7.19. The Bertz CT molecular complexity index is 408. The molecule has 0 bridgehead atoms. The summed E-state index contributed by atoms with van der Waals surface area (Å²) in [5.41, 5.74) is 0.442. The number of piperidine rings is 1. The Balaban J connectivity index is 1.74. The predicted octanol–water partition coefficient (Wildman–Crippen LogP) is 2.89. The predicted molar refractivity (Wildman–Crippen MR) is 71.9 cm³/mol. The Hall–Kier alpha value is -0.380. The summed E-state index contributed by atoms with van der Waals surface area (Å²) < 4.78 is 1.05. The molecule has 0 atom stereocenters. The van der Waals surface area contributed by atoms with Gasteiger partial charge in [0.25, 0.3) is 0 Å². The summed E-state index contributed by atoms with van der Waals surface area (Å²) in [5, 5.41) is 10.7. The summed E-state index contributed by atoms with van der Waals surface area (Å²) >= 11 is 3.48. The maximum absolute atomic E-state index is 10.7. The summed E-state index contributed by atoms with van der Waals surface area (Å²) in [5.74, 6) is 0. The highest BCUT2D eigenvalue weighted by Crippen LogP contribution is 2.37. The molecule has 3 rings (SSSR count). The molecule has 1 aromatic carbocycles. The van der Waals surface area contributed by atoms with E-state index in [4.69, 9.17) is 0 Å². The zero-order valence-corrected chi connectivity index (χ0v) is 11.5. The van der Waals surface area contributed by atoms with E-state index in [0.717, 1.165) is 42.0 Å². The molecule has 0 aromatic heterocycles. The Morgan fingerprint density at radius 2 is 1.94 bits per heavy atom. The quantitative estimate of drug-likeness (QED) is 0.907. The van der Waals surface area contributed by atoms with Crippen molar-refractivity contribution in [1.29, 1.82) is 0 Å². The molecule has 2 aliphatic rings. The maximum Gasteiger partial charge on any atom is 0.0921 e. The normalized spacial score (nSPS) is 24.8. The first kappa shape index (κ1) is 11.7. The molecular formula is C14H18BrNO. The summed E-state index contributed by atoms with van der Waals surface area (Å²) in [6.07, 6.45) is 4.44. The summed E-state index contributed by atoms with van der Waals surface area (Å²) in [7, 11) is 0. The molecule has 2 fully saturated rings. The van der Waals surface area contributed by atoms with E-state index in [1.165, 1.54) is 12.8 Å². The fourth-order valence-corrected chi connectivity index (χ4v) is 3.16. The molecular weight excluding hydrogens is 278 g/mol. The van der Waals surface area contributed by atoms with Crippen LogP contribution in [-0.4, -0.2) is 29.1 Å². The zero-order chi connectivity index (χ0) is 11.9. The second-order valence-corrected chi connectivity index (χ2v) is 6.22. The Labute approximate surface area is 111 Å². The van der Waals surface area contributed by atoms with Gasteiger partial charge in [0, 0.05) is 23.6 Å². The van der Waals surface area contributed by atoms with Gasteiger partial charge in [0.15, 0.2) is 0 Å². The number of likely N-dealkylation sites (tertiary alicyclic amines) is 1. The number of nitrogens with zero attached hydrogens (tertiary/aromatic N) is 1. The number of hydrogen-bond donors (Lipinski definition) is 1. The first-order valence-electron chi connectivity index (χ1n) is 6.40. The molecule has 0 amide bonds. The van der Waals surface area contributed by atoms with Gasteiger partial charge in [-0.1, -0.05) is 28.1 Å². The summed E-state index contributed by atoms with van der Waals surface area (Å²) in [4.78, 5) is 2.53. The molecule has 1 N–H and O–H groups in total. The minimum Gasteiger partial charge on any atom is -0.385 e. The van der Waals surface area contributed by atoms with E-state index in [0.29, 0.717) is 0 Å². The number of benzene rings is 1. The van der Waals surface area contributed by atoms with Crippen molar-refractivity contribution in [3.63, 3.8) is 0 Å². The van der Waals surface area contributed by atoms with Crippen LogP contribution in [0, 0.1) is 0 Å². The van der Waals surface area contributed by atoms with Crippen molar-refractivity contribution in [2.75, 3.05) is 13.1 Å². The van der Waals surface area contributed by atoms with E-state index in [-0.39, 0.29) is 0 Å². The molecule has 1 aliphatic heterocycles. The number of hydrogen-bond acceptors (Lipinski definition) is 2. The fraction of sp³-hybridized carbons (Fsp3) is 0.571. The third kappa shape index (κ3) is 2.42. The van der Waals surface area contributed by atoms with Crippen LogP contribution in [0.25, 0.3) is 0 Å². The fourth-order valence-electron chi connectivity index (χ4n) is 2.77. The molecule has 0 spiro atoms. The van der Waals surface area contributed by atoms with Crippen molar-refractivity contribution < 1.29 is 5.11 Å². The molecule has 3 heteroatoms. The lowest BCUT2D eigenvalue weighted by Gasteiger charge is -2.38. The topological polar surface area (TPSA) is 23.5 Å². The van der Waals surface area contributed by atoms with Crippen molar-refractivity contribution >= 4 is 15.9 Å². The van der Waals surface area contributed by atoms with Gasteiger partial charge < -0.3 is 10.0 Å². The molecule has 2 nitrogen and oxygen atoms in total. The largest absolute Gasteiger partial charge is 0.385 e. The van der Waals surface area contributed by atoms with Crippen molar-refractivity contribution in [2.24, 2.45) is 0 Å². The molecule has 1 aromatic rings. The highest BCUT2D eigenvalue weighted by Gasteiger charge is 2.38. The highest BCUT2D eigenvalue weighted by molar-refractivity contribution is 9.10. The SMILES string of the molecule is OC1(c2cccc(Br)c2)CCN(C2CC2)CC1. The van der Waals surface area contributed by atoms with Gasteiger partial charge in [0.1, 0.15) is 0 Å². The van der Waals surface area contributed by atoms with Gasteiger partial charge >= 0.3 is 0 Å². The monoisotopic (exact) mass is 295 g/mol. The van der Waals surface area contributed by atoms with Crippen LogP contribution in [-0.2, 0) is 5.60 Å². The average molecular weight is 296 g/mol. The van der Waals surface area contributed by atoms with Crippen molar-refractivity contribution in [1.82, 2.24) is 4.90 Å². The average Bonchev–Trinajstić information content (AvgIpc) is 3.14. The number of halogens is 1. The standard InChI is InChI=1S/C14H18BrNO/c15-12-3-1-2-11(10-12)14(17)6-8-16(9-7-14)13-4-5-13/h1-3,10,13,17H,4-9H2. The van der Waals surface area contributed by atoms with Gasteiger partial charge in [-0.2, -0.15) is 0 Å². The van der Waals surface area contributed by atoms with Gasteiger partial charge in [-0.3, -0.25) is 0 Å². The molecule has 1 heterocycles. The van der Waals surface area contributed by atoms with Crippen molar-refractivity contribution in [3.8, 4) is 0 Å². The van der Waals surface area contributed by atoms with Crippen LogP contribution >= 0.6 is 15.9 Å². The van der Waals surface area contributed by atoms with E-state index in [9.17, 15) is 5.11 Å². The van der Waals surface area contributed by atoms with Crippen LogP contribution in [0.5, 0.6) is 0 Å². The molecule has 1 saturated carbocycles. The van der Waals surface area contributed by atoms with Gasteiger partial charge in [0.2, 0.25) is 0 Å². The summed E-state index contributed by atoms with van der Waals surface area (Å²) in [6.45, 7) is 2.07. The Morgan fingerprint density at radius 3 is 2.53 bits per heavy atom. The Kier molecular flexibility index (Phi) is 3.01. The minimum absolute atomic E-state index is 0.616. The van der Waals surface area contributed by atoms with Crippen LogP contribution < -0.4 is 0 Å². The zero-order valence-electron chi connectivity index (χ0n) is 9.90. The highest BCUT2D eigenvalue weighted by atomic mass is 79.9. The van der Waals surface area contributed by atoms with Gasteiger partial charge in [-0.25, -0.2) is 0 Å². The van der Waals surface area contributed by atoms with Crippen molar-refractivity contribution in [2.45, 2.75) is 37.3 Å². The van der Waals surface area contributed by atoms with Gasteiger partial charge in [-0.05, 0) is 43.4 Å². The first-order chi connectivity index (χ1) is 8.17. The van der Waals surface area contributed by atoms with Crippen LogP contribution in [0.15, 0.2) is 28.7 Å². The van der Waals surface area contributed by atoms with Crippen LogP contribution in [0.3, 0.4) is 0 Å². The van der Waals surface area contributed by atoms with E-state index in [1.54, 1.807) is 0 Å². The summed E-state index contributed by atoms with van der Waals surface area (Å²) in [6, 6.07) is 8.92. The number of aliphatic hydroxyl groups is 1. The lowest BCUT2D eigenvalue weighted by molar-refractivity contribution is -0.0277. The third-order valence-electron chi connectivity index (χ3n) is 4.05. The van der Waals surface area contributed by atoms with E-state index >= 15 is 0 Å². The molecule has 1 saturated heterocycles. The van der Waals surface area contributed by atoms with E-state index < -0.39 is 5.60 Å². The van der Waals surface area contributed by atoms with Crippen LogP contribution in [0.2, 0.25) is 0 Å². The third-order valence-corrected chi connectivity index (χ3v) is 4.54. The van der Waals surface area contributed by atoms with Gasteiger partial charge in [0.05, 0.1) is 5.60 Å². The molecule has 0 unspecified atom stereocenters. The van der Waals surface area contributed by atoms with Crippen molar-refractivity contribution in [3.05, 3.63) is 34.3 Å². The molecule has 92 valence electrons. The van der Waals surface area contributed by atoms with Crippen LogP contribution in [0.1, 0.15) is 31.2 Å². The molecule has 1 aliphatic carbocycles. The van der Waals surface area contributed by atoms with Gasteiger partial charge in [-0.15, -0.1) is 0 Å². The molecule has 17 heavy (non-hydrogen) atoms. The van der Waals surface area contributed by atoms with Crippen LogP contribution in [0.4, 0.5) is 0 Å². The Morgan fingerprint density at radius 1 is 1.24 bits per heavy atom. The van der Waals surface area contributed by atoms with E-state index in [1.807, 2.05) is 24.3 Å². The lowest BCUT2D eigenvalue weighted by Crippen LogP contribution is -2.43. The maximum atomic E-state index is 10.7. The second kappa shape index (κ2) is 4.38. The second-order valence-electron chi connectivity index (χ2n) is 5.31.